The van der Waals surface area contributed by atoms with Crippen molar-refractivity contribution < 1.29 is 22.7 Å². The van der Waals surface area contributed by atoms with Gasteiger partial charge in [0.05, 0.1) is 24.2 Å². The number of hydrogen-bond acceptors (Lipinski definition) is 6. The molecule has 2 heterocycles. The molecule has 0 aliphatic carbocycles. The zero-order valence-electron chi connectivity index (χ0n) is 15.4. The van der Waals surface area contributed by atoms with Crippen LogP contribution in [0.1, 0.15) is 20.3 Å². The molecule has 2 atom stereocenters. The second kappa shape index (κ2) is 9.09. The predicted molar refractivity (Wildman–Crippen MR) is 103 cm³/mol. The summed E-state index contributed by atoms with van der Waals surface area (Å²) in [4.78, 5) is 14.4. The first-order valence-electron chi connectivity index (χ1n) is 8.81. The van der Waals surface area contributed by atoms with Gasteiger partial charge >= 0.3 is 0 Å². The second-order valence-electron chi connectivity index (χ2n) is 6.59. The summed E-state index contributed by atoms with van der Waals surface area (Å²) in [6.07, 6.45) is 0.740. The first kappa shape index (κ1) is 21.7. The van der Waals surface area contributed by atoms with Crippen molar-refractivity contribution in [3.8, 4) is 11.5 Å². The van der Waals surface area contributed by atoms with Crippen molar-refractivity contribution in [2.24, 2.45) is 0 Å². The van der Waals surface area contributed by atoms with E-state index in [0.29, 0.717) is 44.3 Å². The highest BCUT2D eigenvalue weighted by atomic mass is 35.5. The quantitative estimate of drug-likeness (QED) is 0.747. The molecule has 0 spiro atoms. The van der Waals surface area contributed by atoms with E-state index < -0.39 is 16.1 Å². The molecule has 1 saturated heterocycles. The predicted octanol–water partition coefficient (Wildman–Crippen LogP) is 0.757. The number of rotatable bonds is 4. The smallest absolute Gasteiger partial charge is 0.241 e. The fourth-order valence-corrected chi connectivity index (χ4v) is 4.29. The minimum Gasteiger partial charge on any atom is -0.490 e. The van der Waals surface area contributed by atoms with Crippen LogP contribution in [-0.2, 0) is 14.8 Å². The van der Waals surface area contributed by atoms with Crippen LogP contribution in [0.4, 0.5) is 0 Å². The molecule has 8 nitrogen and oxygen atoms in total. The van der Waals surface area contributed by atoms with E-state index in [2.05, 4.69) is 10.0 Å². The molecule has 1 aromatic carbocycles. The van der Waals surface area contributed by atoms with Crippen molar-refractivity contribution in [3.05, 3.63) is 18.2 Å². The van der Waals surface area contributed by atoms with Gasteiger partial charge in [-0.3, -0.25) is 4.79 Å². The van der Waals surface area contributed by atoms with E-state index in [9.17, 15) is 13.2 Å². The number of fused-ring (bicyclic) bond motifs is 1. The lowest BCUT2D eigenvalue weighted by atomic mass is 10.2. The molecule has 1 unspecified atom stereocenters. The van der Waals surface area contributed by atoms with Gasteiger partial charge < -0.3 is 19.7 Å². The third kappa shape index (κ3) is 5.04. The third-order valence-electron chi connectivity index (χ3n) is 4.52. The zero-order chi connectivity index (χ0) is 18.7. The molecule has 2 aliphatic heterocycles. The molecule has 1 fully saturated rings. The average Bonchev–Trinajstić information content (AvgIpc) is 2.86. The highest BCUT2D eigenvalue weighted by molar-refractivity contribution is 7.89. The Labute approximate surface area is 166 Å². The maximum atomic E-state index is 12.7. The fourth-order valence-electron chi connectivity index (χ4n) is 3.08. The molecule has 2 aliphatic rings. The topological polar surface area (TPSA) is 97.0 Å². The van der Waals surface area contributed by atoms with Crippen LogP contribution in [-0.4, -0.2) is 64.2 Å². The molecule has 0 aromatic heterocycles. The van der Waals surface area contributed by atoms with Crippen molar-refractivity contribution in [2.75, 3.05) is 32.8 Å². The van der Waals surface area contributed by atoms with E-state index in [0.717, 1.165) is 6.42 Å². The Hall–Kier alpha value is -1.55. The molecule has 152 valence electrons. The highest BCUT2D eigenvalue weighted by Crippen LogP contribution is 2.31. The van der Waals surface area contributed by atoms with E-state index >= 15 is 0 Å². The molecule has 10 heteroatoms. The number of nitrogens with one attached hydrogen (secondary N) is 2. The van der Waals surface area contributed by atoms with Gasteiger partial charge in [0.15, 0.2) is 11.5 Å². The van der Waals surface area contributed by atoms with E-state index in [-0.39, 0.29) is 29.3 Å². The van der Waals surface area contributed by atoms with Crippen LogP contribution < -0.4 is 19.5 Å². The van der Waals surface area contributed by atoms with Crippen LogP contribution in [0.15, 0.2) is 23.1 Å². The summed E-state index contributed by atoms with van der Waals surface area (Å²) in [6, 6.07) is 3.66. The lowest BCUT2D eigenvalue weighted by Crippen LogP contribution is -2.57. The maximum absolute atomic E-state index is 12.7. The van der Waals surface area contributed by atoms with Gasteiger partial charge in [0.2, 0.25) is 15.9 Å². The van der Waals surface area contributed by atoms with E-state index in [1.165, 1.54) is 12.1 Å². The van der Waals surface area contributed by atoms with Gasteiger partial charge in [0.1, 0.15) is 0 Å². The molecular formula is C17H26ClN3O5S. The Bertz CT molecular complexity index is 774. The van der Waals surface area contributed by atoms with Crippen LogP contribution in [0.5, 0.6) is 11.5 Å². The lowest BCUT2D eigenvalue weighted by Gasteiger charge is -2.35. The van der Waals surface area contributed by atoms with Gasteiger partial charge in [-0.15, -0.1) is 12.4 Å². The minimum atomic E-state index is -3.85. The number of nitrogens with zero attached hydrogens (tertiary/aromatic N) is 1. The maximum Gasteiger partial charge on any atom is 0.241 e. The molecule has 0 bridgehead atoms. The van der Waals surface area contributed by atoms with E-state index in [4.69, 9.17) is 9.47 Å². The number of sulfonamides is 1. The summed E-state index contributed by atoms with van der Waals surface area (Å²) < 4.78 is 38.9. The molecular weight excluding hydrogens is 394 g/mol. The third-order valence-corrected chi connectivity index (χ3v) is 6.05. The monoisotopic (exact) mass is 419 g/mol. The Morgan fingerprint density at radius 1 is 1.30 bits per heavy atom. The first-order valence-corrected chi connectivity index (χ1v) is 10.3. The van der Waals surface area contributed by atoms with Crippen LogP contribution in [0, 0.1) is 0 Å². The summed E-state index contributed by atoms with van der Waals surface area (Å²) in [5.41, 5.74) is 0. The lowest BCUT2D eigenvalue weighted by molar-refractivity contribution is -0.135. The van der Waals surface area contributed by atoms with Gasteiger partial charge in [0.25, 0.3) is 0 Å². The molecule has 0 radical (unpaired) electrons. The number of hydrogen-bond donors (Lipinski definition) is 2. The fraction of sp³-hybridized carbons (Fsp3) is 0.588. The number of piperazine rings is 1. The number of carbonyl (C=O) groups excluding carboxylic acids is 1. The van der Waals surface area contributed by atoms with E-state index in [1.807, 2.05) is 6.92 Å². The standard InChI is InChI=1S/C17H25N3O5S.ClH/c1-12-11-18-6-7-20(12)17(21)13(2)19-26(22,23)14-4-5-15-16(10-14)25-9-3-8-24-15;/h4-5,10,12-13,18-19H,3,6-9,11H2,1-2H3;1H/t12-,13?;/m1./s1. The van der Waals surface area contributed by atoms with Crippen molar-refractivity contribution in [1.29, 1.82) is 0 Å². The normalized spacial score (nSPS) is 21.0. The van der Waals surface area contributed by atoms with Gasteiger partial charge in [-0.25, -0.2) is 8.42 Å². The van der Waals surface area contributed by atoms with Crippen LogP contribution >= 0.6 is 12.4 Å². The Balaban J connectivity index is 0.00000261. The molecule has 1 amide bonds. The summed E-state index contributed by atoms with van der Waals surface area (Å²) in [5, 5.41) is 3.21. The summed E-state index contributed by atoms with van der Waals surface area (Å²) in [6.45, 7) is 6.49. The Kier molecular flexibility index (Phi) is 7.32. The van der Waals surface area contributed by atoms with Crippen molar-refractivity contribution >= 4 is 28.3 Å². The Morgan fingerprint density at radius 3 is 2.70 bits per heavy atom. The second-order valence-corrected chi connectivity index (χ2v) is 8.30. The SMILES string of the molecule is CC(NS(=O)(=O)c1ccc2c(c1)OCCCO2)C(=O)N1CCNC[C@H]1C.Cl. The van der Waals surface area contributed by atoms with Crippen molar-refractivity contribution in [1.82, 2.24) is 14.9 Å². The molecule has 2 N–H and O–H groups in total. The van der Waals surface area contributed by atoms with Crippen LogP contribution in [0.3, 0.4) is 0 Å². The number of carbonyl (C=O) groups is 1. The van der Waals surface area contributed by atoms with Gasteiger partial charge in [-0.05, 0) is 26.0 Å². The number of benzene rings is 1. The summed E-state index contributed by atoms with van der Waals surface area (Å²) >= 11 is 0. The molecule has 27 heavy (non-hydrogen) atoms. The summed E-state index contributed by atoms with van der Waals surface area (Å²) in [5.74, 6) is 0.706. The Morgan fingerprint density at radius 2 is 2.00 bits per heavy atom. The summed E-state index contributed by atoms with van der Waals surface area (Å²) in [7, 11) is -3.85. The largest absolute Gasteiger partial charge is 0.490 e. The van der Waals surface area contributed by atoms with Crippen LogP contribution in [0.25, 0.3) is 0 Å². The molecule has 3 rings (SSSR count). The zero-order valence-corrected chi connectivity index (χ0v) is 17.1. The minimum absolute atomic E-state index is 0. The highest BCUT2D eigenvalue weighted by Gasteiger charge is 2.30. The average molecular weight is 420 g/mol. The van der Waals surface area contributed by atoms with Gasteiger partial charge in [0, 0.05) is 38.2 Å². The number of halogens is 1. The number of amides is 1. The van der Waals surface area contributed by atoms with Crippen LogP contribution in [0.2, 0.25) is 0 Å². The molecule has 1 aromatic rings. The van der Waals surface area contributed by atoms with Gasteiger partial charge in [-0.2, -0.15) is 4.72 Å². The van der Waals surface area contributed by atoms with Crippen molar-refractivity contribution in [2.45, 2.75) is 37.2 Å². The van der Waals surface area contributed by atoms with E-state index in [1.54, 1.807) is 17.9 Å². The first-order chi connectivity index (χ1) is 12.4. The van der Waals surface area contributed by atoms with Gasteiger partial charge in [-0.1, -0.05) is 0 Å². The van der Waals surface area contributed by atoms with Crippen molar-refractivity contribution in [3.63, 3.8) is 0 Å². The number of ether oxygens (including phenoxy) is 2. The molecule has 0 saturated carbocycles.